The van der Waals surface area contributed by atoms with E-state index >= 15 is 0 Å². The molecule has 0 fully saturated rings. The van der Waals surface area contributed by atoms with E-state index in [1.54, 1.807) is 122 Å². The summed E-state index contributed by atoms with van der Waals surface area (Å²) < 4.78 is 210. The van der Waals surface area contributed by atoms with Crippen molar-refractivity contribution in [2.45, 2.75) is 61.7 Å². The second-order valence-corrected chi connectivity index (χ2v) is 30.4. The molecule has 0 saturated heterocycles. The quantitative estimate of drug-likeness (QED) is 0.0274. The number of allylic oxidation sites excluding steroid dienone is 2. The van der Waals surface area contributed by atoms with E-state index in [2.05, 4.69) is 104 Å². The van der Waals surface area contributed by atoms with E-state index in [9.17, 15) is 84.9 Å². The summed E-state index contributed by atoms with van der Waals surface area (Å²) >= 11 is 0. The Kier molecular flexibility index (Phi) is 53.4. The summed E-state index contributed by atoms with van der Waals surface area (Å²) in [5.41, 5.74) is 5.10. The van der Waals surface area contributed by atoms with Gasteiger partial charge in [-0.3, -0.25) is 81.5 Å². The van der Waals surface area contributed by atoms with Crippen molar-refractivity contribution in [2.24, 2.45) is 10.8 Å². The summed E-state index contributed by atoms with van der Waals surface area (Å²) in [7, 11) is 3.73. The Bertz CT molecular complexity index is 6610. The maximum atomic E-state index is 13.4. The normalized spacial score (nSPS) is 10.3. The fraction of sp³-hybridized carbons (Fsp3) is 0.127. The van der Waals surface area contributed by atoms with Gasteiger partial charge in [-0.05, 0) is 124 Å². The Morgan fingerprint density at radius 3 is 0.979 bits per heavy atom. The number of carbonyl (C=O) groups excluding carboxylic acids is 1. The minimum absolute atomic E-state index is 0. The van der Waals surface area contributed by atoms with E-state index in [1.165, 1.54) is 75.5 Å². The van der Waals surface area contributed by atoms with Gasteiger partial charge in [-0.15, -0.1) is 84.9 Å². The Morgan fingerprint density at radius 1 is 0.361 bits per heavy atom. The second-order valence-electron chi connectivity index (χ2n) is 30.4. The SMILES string of the molecule is CC(C)(C)C(=O)C=C(O)C(C)(C)C.CN(C)c1ccnc(-c2[c-]cc(F)nc2F)c1.Cc1ccnc(-c2[c-]cc(F)nc2F)c1.Fc1c[c-]c(-c2ccccn2)c(F)c1.Fc1c[c-]c(-n2cccn2)c(F)c1.Fc1c[c-]c(-n2cccn2)c(F)c1.Fc1c[c-]c(-n2cccn2)c(F)c1.O=C(O)c1ccccn1.OCc1ccnc(-c2[c-]cc(F)cc2F)c1.OCc1ccnc(-c2[c-]cc(F)cc2F)c1.[Ir+3].[Ir].[Ir].[Ir].[Ir]. The average molecular weight is 2880 g/mol. The van der Waals surface area contributed by atoms with Crippen LogP contribution in [-0.4, -0.2) is 115 Å². The maximum absolute atomic E-state index is 13.4. The van der Waals surface area contributed by atoms with Crippen LogP contribution in [0.1, 0.15) is 68.7 Å². The van der Waals surface area contributed by atoms with E-state index in [4.69, 9.17) is 15.3 Å². The van der Waals surface area contributed by atoms with Gasteiger partial charge in [-0.2, -0.15) is 33.5 Å². The van der Waals surface area contributed by atoms with Crippen molar-refractivity contribution in [3.05, 3.63) is 439 Å². The molecule has 21 nitrogen and oxygen atoms in total. The van der Waals surface area contributed by atoms with Gasteiger partial charge < -0.3 is 50.2 Å². The minimum Gasteiger partial charge on any atom is -0.512 e. The number of ketones is 1. The van der Waals surface area contributed by atoms with Gasteiger partial charge in [-0.1, -0.05) is 148 Å². The number of benzene rings is 6. The zero-order valence-electron chi connectivity index (χ0n) is 76.3. The molecule has 4 radical (unpaired) electrons. The molecule has 6 aromatic carbocycles. The van der Waals surface area contributed by atoms with Crippen LogP contribution in [0.4, 0.5) is 75.9 Å². The van der Waals surface area contributed by atoms with Crippen LogP contribution in [0.5, 0.6) is 0 Å². The van der Waals surface area contributed by atoms with Crippen molar-refractivity contribution in [3.8, 4) is 73.3 Å². The molecule has 0 aliphatic carbocycles. The third-order valence-corrected chi connectivity index (χ3v) is 17.6. The van der Waals surface area contributed by atoms with Gasteiger partial charge in [0, 0.05) is 261 Å². The molecule has 0 aliphatic heterocycles. The van der Waals surface area contributed by atoms with Crippen LogP contribution >= 0.6 is 0 Å². The molecule has 11 aromatic heterocycles. The number of aryl methyl sites for hydroxylation is 1. The molecule has 144 heavy (non-hydrogen) atoms. The first-order valence-electron chi connectivity index (χ1n) is 40.5. The summed E-state index contributed by atoms with van der Waals surface area (Å²) in [5.74, 6) is -12.5. The number of carboxylic acids is 1. The fourth-order valence-corrected chi connectivity index (χ4v) is 10.6. The van der Waals surface area contributed by atoms with Crippen LogP contribution in [0.2, 0.25) is 0 Å². The first kappa shape index (κ1) is 125. The molecule has 0 spiro atoms. The topological polar surface area (TPSA) is 275 Å². The summed E-state index contributed by atoms with van der Waals surface area (Å²) in [6.07, 6.45) is 19.6. The number of halogens is 16. The van der Waals surface area contributed by atoms with Crippen molar-refractivity contribution in [3.63, 3.8) is 0 Å². The molecule has 0 unspecified atom stereocenters. The predicted octanol–water partition coefficient (Wildman–Crippen LogP) is 22.0. The van der Waals surface area contributed by atoms with Gasteiger partial charge in [0.05, 0.1) is 13.2 Å². The number of aromatic nitrogens is 14. The van der Waals surface area contributed by atoms with E-state index in [0.29, 0.717) is 39.6 Å². The summed E-state index contributed by atoms with van der Waals surface area (Å²) in [4.78, 5) is 53.1. The standard InChI is InChI=1S/C12H10F2N3.2C12H8F2NO.C11H7F2N2.C11H6F2N.C11H20O2.3C9H5F2N2.C6H5NO2.5Ir/c1-17(2)8-5-6-15-10(7-8)9-3-4-11(13)16-12(9)14;2*13-9-1-2-10(11(14)6-9)12-5-8(7-16)3-4-15-12;1-7-4-5-14-9(6-7)8-2-3-10(12)15-11(8)13;12-8-4-5-9(10(13)7-8)11-3-1-2-6-14-11;1-10(2,3)8(12)7-9(13)11(4,5)6;3*10-7-2-3-9(8(11)6-7)13-5-1-4-12-13;8-6(9)5-3-1-2-4-7-5;;;;;/h4-7H,1-2H3;2*1,3-6,16H,7H2;3-6H,1H3;1-4,6-7H;7,12H,1-6H3;3*1-2,4-6H;1-4H,(H,8,9);;;;;/q5*-1;;3*-1;;;;;;+3. The minimum atomic E-state index is -0.990. The van der Waals surface area contributed by atoms with Crippen LogP contribution in [0.3, 0.4) is 0 Å². The number of aliphatic hydroxyl groups excluding tert-OH is 3. The largest absolute Gasteiger partial charge is 3.00 e. The van der Waals surface area contributed by atoms with Gasteiger partial charge >= 0.3 is 26.1 Å². The fourth-order valence-electron chi connectivity index (χ4n) is 10.6. The van der Waals surface area contributed by atoms with Crippen LogP contribution in [0.15, 0.2) is 274 Å². The molecule has 0 amide bonds. The average Bonchev–Trinajstić information content (AvgIpc) is 1.54. The van der Waals surface area contributed by atoms with Crippen molar-refractivity contribution >= 4 is 17.4 Å². The molecule has 11 heterocycles. The predicted molar refractivity (Wildman–Crippen MR) is 481 cm³/mol. The smallest absolute Gasteiger partial charge is 0.512 e. The van der Waals surface area contributed by atoms with Gasteiger partial charge in [0.15, 0.2) is 5.78 Å². The molecular formula is C102H79F16Ir5N15O6-5. The number of hydrogen-bond donors (Lipinski definition) is 4. The third kappa shape index (κ3) is 40.5. The molecule has 17 aromatic rings. The van der Waals surface area contributed by atoms with E-state index in [-0.39, 0.29) is 181 Å². The third-order valence-electron chi connectivity index (χ3n) is 17.6. The number of carboxylic acid groups (broad SMARTS) is 1. The molecule has 4 N–H and O–H groups in total. The summed E-state index contributed by atoms with van der Waals surface area (Å²) in [6.45, 7) is 12.7. The summed E-state index contributed by atoms with van der Waals surface area (Å²) in [5, 5.41) is 47.1. The van der Waals surface area contributed by atoms with Gasteiger partial charge in [0.25, 0.3) is 0 Å². The zero-order valence-corrected chi connectivity index (χ0v) is 88.3. The number of carbonyl (C=O) groups is 2. The van der Waals surface area contributed by atoms with E-state index in [1.807, 2.05) is 67.5 Å². The number of pyridine rings is 8. The Hall–Kier alpha value is -13.3. The van der Waals surface area contributed by atoms with Crippen LogP contribution in [-0.2, 0) is 119 Å². The first-order chi connectivity index (χ1) is 66.1. The summed E-state index contributed by atoms with van der Waals surface area (Å²) in [6, 6.07) is 61.0. The molecule has 0 aliphatic rings. The molecule has 0 bridgehead atoms. The number of rotatable bonds is 13. The van der Waals surface area contributed by atoms with Crippen LogP contribution in [0.25, 0.3) is 73.3 Å². The van der Waals surface area contributed by atoms with Crippen molar-refractivity contribution < 1.29 is 201 Å². The molecular weight excluding hydrogens is 2800 g/mol. The van der Waals surface area contributed by atoms with Gasteiger partial charge in [0.2, 0.25) is 0 Å². The molecule has 42 heteroatoms. The zero-order chi connectivity index (χ0) is 102. The van der Waals surface area contributed by atoms with Crippen LogP contribution in [0, 0.1) is 160 Å². The van der Waals surface area contributed by atoms with E-state index < -0.39 is 105 Å². The van der Waals surface area contributed by atoms with Crippen molar-refractivity contribution in [1.82, 2.24) is 69.2 Å². The number of hydrogen-bond acceptors (Lipinski definition) is 17. The maximum Gasteiger partial charge on any atom is 3.00 e. The molecule has 17 rings (SSSR count). The van der Waals surface area contributed by atoms with Gasteiger partial charge in [-0.25, -0.2) is 27.3 Å². The Balaban J connectivity index is 0.000000411. The first-order valence-corrected chi connectivity index (χ1v) is 40.5. The Labute approximate surface area is 884 Å². The number of aromatic carboxylic acids is 1. The van der Waals surface area contributed by atoms with Gasteiger partial charge in [0.1, 0.15) is 35.2 Å². The Morgan fingerprint density at radius 2 is 0.688 bits per heavy atom. The second kappa shape index (κ2) is 61.6. The van der Waals surface area contributed by atoms with Crippen molar-refractivity contribution in [2.75, 3.05) is 19.0 Å². The van der Waals surface area contributed by atoms with Crippen LogP contribution < -0.4 is 4.90 Å². The molecule has 0 saturated carbocycles. The molecule has 0 atom stereocenters. The van der Waals surface area contributed by atoms with Crippen molar-refractivity contribution in [1.29, 1.82) is 0 Å². The monoisotopic (exact) mass is 2880 g/mol. The number of nitrogens with zero attached hydrogens (tertiary/aromatic N) is 15. The number of aliphatic hydroxyl groups is 3. The number of anilines is 1. The molecule has 760 valence electrons. The van der Waals surface area contributed by atoms with E-state index in [0.717, 1.165) is 96.2 Å².